The topological polar surface area (TPSA) is 60.4 Å². The molecule has 3 nitrogen and oxygen atoms in total. The average molecular weight is 202 g/mol. The summed E-state index contributed by atoms with van der Waals surface area (Å²) in [4.78, 5) is 10.4. The monoisotopic (exact) mass is 202 g/mol. The molecule has 0 heterocycles. The van der Waals surface area contributed by atoms with Gasteiger partial charge in [0.1, 0.15) is 5.75 Å². The number of carboxylic acids is 1. The van der Waals surface area contributed by atoms with Gasteiger partial charge >= 0.3 is 29.6 Å². The van der Waals surface area contributed by atoms with E-state index < -0.39 is 5.97 Å². The molecule has 1 N–H and O–H groups in total. The van der Waals surface area contributed by atoms with Crippen molar-refractivity contribution in [2.45, 2.75) is 19.8 Å². The van der Waals surface area contributed by atoms with Crippen LogP contribution in [0.25, 0.3) is 0 Å². The molecule has 0 unspecified atom stereocenters. The third kappa shape index (κ3) is 3.33. The van der Waals surface area contributed by atoms with Gasteiger partial charge in [-0.05, 0) is 24.1 Å². The van der Waals surface area contributed by atoms with Crippen molar-refractivity contribution in [2.24, 2.45) is 0 Å². The van der Waals surface area contributed by atoms with Crippen LogP contribution in [-0.4, -0.2) is 11.1 Å². The first-order chi connectivity index (χ1) is 6.15. The van der Waals surface area contributed by atoms with Crippen molar-refractivity contribution in [3.8, 4) is 5.75 Å². The number of aromatic hydroxyl groups is 1. The van der Waals surface area contributed by atoms with E-state index in [9.17, 15) is 15.0 Å². The first kappa shape index (κ1) is 13.5. The van der Waals surface area contributed by atoms with Gasteiger partial charge in [0.25, 0.3) is 0 Å². The Labute approximate surface area is 105 Å². The van der Waals surface area contributed by atoms with Gasteiger partial charge in [0, 0.05) is 5.56 Å². The van der Waals surface area contributed by atoms with Gasteiger partial charge in [-0.1, -0.05) is 19.4 Å². The smallest absolute Gasteiger partial charge is 0.545 e. The zero-order chi connectivity index (χ0) is 9.84. The van der Waals surface area contributed by atoms with Crippen LogP contribution < -0.4 is 34.7 Å². The third-order valence-electron chi connectivity index (χ3n) is 1.82. The predicted octanol–water partition coefficient (Wildman–Crippen LogP) is -2.29. The van der Waals surface area contributed by atoms with E-state index in [1.807, 2.05) is 6.92 Å². The van der Waals surface area contributed by atoms with Crippen molar-refractivity contribution in [3.05, 3.63) is 29.3 Å². The molecule has 14 heavy (non-hydrogen) atoms. The fourth-order valence-corrected chi connectivity index (χ4v) is 1.19. The molecule has 0 aliphatic carbocycles. The number of benzene rings is 1. The number of hydrogen-bond acceptors (Lipinski definition) is 3. The molecule has 1 rings (SSSR count). The SMILES string of the molecule is CCCc1ccc(C(=O)[O-])c(O)c1.[Na+]. The minimum absolute atomic E-state index is 0. The number of rotatable bonds is 3. The van der Waals surface area contributed by atoms with Crippen LogP contribution in [0.2, 0.25) is 0 Å². The molecule has 0 radical (unpaired) electrons. The summed E-state index contributed by atoms with van der Waals surface area (Å²) in [5, 5.41) is 19.7. The van der Waals surface area contributed by atoms with E-state index in [1.54, 1.807) is 6.07 Å². The summed E-state index contributed by atoms with van der Waals surface area (Å²) in [5.74, 6) is -1.56. The van der Waals surface area contributed by atoms with Crippen molar-refractivity contribution >= 4 is 5.97 Å². The van der Waals surface area contributed by atoms with Crippen LogP contribution in [-0.2, 0) is 6.42 Å². The van der Waals surface area contributed by atoms with E-state index in [1.165, 1.54) is 12.1 Å². The van der Waals surface area contributed by atoms with Gasteiger partial charge in [-0.15, -0.1) is 0 Å². The Morgan fingerprint density at radius 3 is 2.57 bits per heavy atom. The van der Waals surface area contributed by atoms with E-state index in [-0.39, 0.29) is 40.9 Å². The fraction of sp³-hybridized carbons (Fsp3) is 0.300. The van der Waals surface area contributed by atoms with Crippen molar-refractivity contribution in [1.29, 1.82) is 0 Å². The van der Waals surface area contributed by atoms with E-state index in [4.69, 9.17) is 0 Å². The van der Waals surface area contributed by atoms with E-state index in [0.717, 1.165) is 18.4 Å². The quantitative estimate of drug-likeness (QED) is 0.561. The van der Waals surface area contributed by atoms with Gasteiger partial charge < -0.3 is 15.0 Å². The van der Waals surface area contributed by atoms with Crippen molar-refractivity contribution in [2.75, 3.05) is 0 Å². The molecule has 0 aliphatic rings. The van der Waals surface area contributed by atoms with Gasteiger partial charge in [-0.25, -0.2) is 0 Å². The van der Waals surface area contributed by atoms with Crippen LogP contribution >= 0.6 is 0 Å². The Hall–Kier alpha value is -0.510. The molecule has 0 atom stereocenters. The molecule has 0 bridgehead atoms. The molecule has 0 amide bonds. The summed E-state index contributed by atoms with van der Waals surface area (Å²) in [6.45, 7) is 2.02. The molecular weight excluding hydrogens is 191 g/mol. The van der Waals surface area contributed by atoms with Gasteiger partial charge in [-0.2, -0.15) is 0 Å². The van der Waals surface area contributed by atoms with Crippen LogP contribution in [0.3, 0.4) is 0 Å². The minimum Gasteiger partial charge on any atom is -0.545 e. The molecule has 4 heteroatoms. The second-order valence-corrected chi connectivity index (χ2v) is 2.89. The zero-order valence-corrected chi connectivity index (χ0v) is 10.4. The van der Waals surface area contributed by atoms with Crippen molar-refractivity contribution in [3.63, 3.8) is 0 Å². The molecular formula is C10H11NaO3. The number of phenols is 1. The molecule has 0 spiro atoms. The molecule has 0 aliphatic heterocycles. The second-order valence-electron chi connectivity index (χ2n) is 2.89. The molecule has 0 fully saturated rings. The van der Waals surface area contributed by atoms with Crippen LogP contribution in [0.5, 0.6) is 5.75 Å². The second kappa shape index (κ2) is 6.06. The van der Waals surface area contributed by atoms with E-state index >= 15 is 0 Å². The van der Waals surface area contributed by atoms with E-state index in [0.29, 0.717) is 0 Å². The fourth-order valence-electron chi connectivity index (χ4n) is 1.19. The van der Waals surface area contributed by atoms with Crippen LogP contribution in [0.15, 0.2) is 18.2 Å². The maximum atomic E-state index is 10.4. The number of carbonyl (C=O) groups is 1. The number of carbonyl (C=O) groups excluding carboxylic acids is 1. The Bertz CT molecular complexity index is 323. The maximum Gasteiger partial charge on any atom is 1.00 e. The molecule has 0 aromatic heterocycles. The number of carboxylic acid groups (broad SMARTS) is 1. The largest absolute Gasteiger partial charge is 1.00 e. The Morgan fingerprint density at radius 2 is 2.14 bits per heavy atom. The summed E-state index contributed by atoms with van der Waals surface area (Å²) in [6.07, 6.45) is 1.80. The van der Waals surface area contributed by atoms with Crippen LogP contribution in [0.1, 0.15) is 29.3 Å². The Kier molecular flexibility index (Phi) is 5.84. The van der Waals surface area contributed by atoms with Crippen LogP contribution in [0.4, 0.5) is 0 Å². The summed E-state index contributed by atoms with van der Waals surface area (Å²) < 4.78 is 0. The van der Waals surface area contributed by atoms with Crippen molar-refractivity contribution < 1.29 is 44.6 Å². The first-order valence-corrected chi connectivity index (χ1v) is 4.18. The summed E-state index contributed by atoms with van der Waals surface area (Å²) in [6, 6.07) is 4.53. The zero-order valence-electron chi connectivity index (χ0n) is 8.41. The van der Waals surface area contributed by atoms with Gasteiger partial charge in [0.15, 0.2) is 0 Å². The Morgan fingerprint density at radius 1 is 1.50 bits per heavy atom. The minimum atomic E-state index is -1.35. The first-order valence-electron chi connectivity index (χ1n) is 4.18. The predicted molar refractivity (Wildman–Crippen MR) is 46.4 cm³/mol. The van der Waals surface area contributed by atoms with E-state index in [2.05, 4.69) is 0 Å². The maximum absolute atomic E-state index is 10.4. The number of aryl methyl sites for hydroxylation is 1. The molecule has 1 aromatic carbocycles. The molecule has 70 valence electrons. The average Bonchev–Trinajstić information content (AvgIpc) is 2.04. The van der Waals surface area contributed by atoms with Gasteiger partial charge in [-0.3, -0.25) is 0 Å². The third-order valence-corrected chi connectivity index (χ3v) is 1.82. The van der Waals surface area contributed by atoms with Crippen LogP contribution in [0, 0.1) is 0 Å². The standard InChI is InChI=1S/C10H12O3.Na/c1-2-3-7-4-5-8(10(12)13)9(11)6-7;/h4-6,11H,2-3H2,1H3,(H,12,13);/q;+1/p-1. The van der Waals surface area contributed by atoms with Gasteiger partial charge in [0.2, 0.25) is 0 Å². The molecule has 0 saturated carbocycles. The number of aromatic carboxylic acids is 1. The summed E-state index contributed by atoms with van der Waals surface area (Å²) in [7, 11) is 0. The van der Waals surface area contributed by atoms with Gasteiger partial charge in [0.05, 0.1) is 5.97 Å². The summed E-state index contributed by atoms with van der Waals surface area (Å²) in [5.41, 5.74) is 0.782. The van der Waals surface area contributed by atoms with Crippen molar-refractivity contribution in [1.82, 2.24) is 0 Å². The summed E-state index contributed by atoms with van der Waals surface area (Å²) >= 11 is 0. The number of hydrogen-bond donors (Lipinski definition) is 1. The normalized spacial score (nSPS) is 9.21. The molecule has 1 aromatic rings. The Balaban J connectivity index is 0.00000169. The molecule has 0 saturated heterocycles.